The second kappa shape index (κ2) is 14.2. The third-order valence-electron chi connectivity index (χ3n) is 17.4. The third kappa shape index (κ3) is 6.24. The average Bonchev–Trinajstić information content (AvgIpc) is 3.13. The minimum Gasteiger partial charge on any atom is -0.432 e. The fourth-order valence-electron chi connectivity index (χ4n) is 13.7. The first-order chi connectivity index (χ1) is 25.6. The molecule has 2 aliphatic heterocycles. The molecule has 7 N–H and O–H groups in total. The van der Waals surface area contributed by atoms with Crippen LogP contribution in [0.25, 0.3) is 0 Å². The van der Waals surface area contributed by atoms with Gasteiger partial charge in [0.2, 0.25) is 6.29 Å². The smallest absolute Gasteiger partial charge is 0.315 e. The van der Waals surface area contributed by atoms with Crippen molar-refractivity contribution < 1.29 is 59.5 Å². The summed E-state index contributed by atoms with van der Waals surface area (Å²) in [5.41, 5.74) is 0.0569. The molecule has 0 aromatic carbocycles. The van der Waals surface area contributed by atoms with Crippen molar-refractivity contribution in [3.8, 4) is 0 Å². The number of aliphatic hydroxyl groups is 7. The molecule has 12 nitrogen and oxygen atoms in total. The quantitative estimate of drug-likeness (QED) is 0.118. The zero-order chi connectivity index (χ0) is 40.3. The van der Waals surface area contributed by atoms with E-state index in [-0.39, 0.29) is 39.1 Å². The Morgan fingerprint density at radius 2 is 1.36 bits per heavy atom. The van der Waals surface area contributed by atoms with Gasteiger partial charge in [0, 0.05) is 0 Å². The molecule has 2 saturated heterocycles. The van der Waals surface area contributed by atoms with Crippen molar-refractivity contribution in [2.75, 3.05) is 6.61 Å². The molecule has 0 aromatic heterocycles. The number of hydrogen-bond acceptors (Lipinski definition) is 12. The van der Waals surface area contributed by atoms with Crippen LogP contribution in [-0.2, 0) is 23.7 Å². The van der Waals surface area contributed by atoms with Crippen LogP contribution >= 0.6 is 0 Å². The van der Waals surface area contributed by atoms with Crippen LogP contribution in [0.15, 0.2) is 11.6 Å². The Bertz CT molecular complexity index is 1480. The van der Waals surface area contributed by atoms with E-state index in [9.17, 15) is 40.5 Å². The van der Waals surface area contributed by atoms with E-state index in [1.807, 2.05) is 6.92 Å². The minimum atomic E-state index is -1.65. The zero-order valence-corrected chi connectivity index (χ0v) is 34.3. The summed E-state index contributed by atoms with van der Waals surface area (Å²) in [6.07, 6.45) is -1.76. The topological polar surface area (TPSA) is 196 Å². The molecule has 0 amide bonds. The number of rotatable bonds is 6. The Balaban J connectivity index is 1.16. The van der Waals surface area contributed by atoms with Gasteiger partial charge in [0.05, 0.1) is 24.2 Å². The third-order valence-corrected chi connectivity index (χ3v) is 17.4. The van der Waals surface area contributed by atoms with E-state index < -0.39 is 79.4 Å². The van der Waals surface area contributed by atoms with Crippen molar-refractivity contribution in [2.24, 2.45) is 50.2 Å². The van der Waals surface area contributed by atoms with Gasteiger partial charge in [0.15, 0.2) is 6.29 Å². The van der Waals surface area contributed by atoms with Gasteiger partial charge < -0.3 is 54.7 Å². The second-order valence-corrected chi connectivity index (χ2v) is 20.9. The first kappa shape index (κ1) is 42.0. The Hall–Kier alpha value is -1.19. The van der Waals surface area contributed by atoms with Gasteiger partial charge in [-0.15, -0.1) is 0 Å². The molecule has 4 saturated carbocycles. The van der Waals surface area contributed by atoms with Crippen molar-refractivity contribution >= 4 is 5.97 Å². The first-order valence-corrected chi connectivity index (χ1v) is 21.2. The SMILES string of the molecule is CCC1OC(OC2CCC3(C)C(CCC4(C)C3CC=C3C5CC(C)(C)CCC5(C(=O)OC5OC(CO)C(O)C(O)C5O)CCC34C)C2(C)C)C(O)C(O)C1O. The molecule has 18 atom stereocenters. The molecule has 12 heteroatoms. The van der Waals surface area contributed by atoms with E-state index in [1.165, 1.54) is 5.57 Å². The Morgan fingerprint density at radius 3 is 2.02 bits per heavy atom. The molecule has 7 rings (SSSR count). The normalized spacial score (nSPS) is 53.1. The molecule has 0 spiro atoms. The highest BCUT2D eigenvalue weighted by Gasteiger charge is 2.70. The Morgan fingerprint density at radius 1 is 0.745 bits per heavy atom. The van der Waals surface area contributed by atoms with Crippen molar-refractivity contribution in [3.63, 3.8) is 0 Å². The molecule has 0 bridgehead atoms. The van der Waals surface area contributed by atoms with Crippen LogP contribution in [0.2, 0.25) is 0 Å². The maximum atomic E-state index is 14.6. The van der Waals surface area contributed by atoms with Crippen LogP contribution in [0.5, 0.6) is 0 Å². The maximum Gasteiger partial charge on any atom is 0.315 e. The fraction of sp³-hybridized carbons (Fsp3) is 0.930. The molecule has 0 aromatic rings. The van der Waals surface area contributed by atoms with E-state index in [4.69, 9.17) is 18.9 Å². The lowest BCUT2D eigenvalue weighted by Crippen LogP contribution is -2.66. The molecular weight excluding hydrogens is 708 g/mol. The summed E-state index contributed by atoms with van der Waals surface area (Å²) in [6.45, 7) is 17.8. The number of carbonyl (C=O) groups excluding carboxylic acids is 1. The summed E-state index contributed by atoms with van der Waals surface area (Å²) in [6, 6.07) is 0. The number of ether oxygens (including phenoxy) is 4. The van der Waals surface area contributed by atoms with Crippen LogP contribution in [0.1, 0.15) is 126 Å². The minimum absolute atomic E-state index is 0.00137. The van der Waals surface area contributed by atoms with Crippen LogP contribution in [0.3, 0.4) is 0 Å². The lowest BCUT2D eigenvalue weighted by molar-refractivity contribution is -0.327. The van der Waals surface area contributed by atoms with Gasteiger partial charge in [0.25, 0.3) is 0 Å². The number of fused-ring (bicyclic) bond motifs is 7. The summed E-state index contributed by atoms with van der Waals surface area (Å²) in [4.78, 5) is 14.6. The lowest BCUT2D eigenvalue weighted by atomic mass is 9.33. The predicted octanol–water partition coefficient (Wildman–Crippen LogP) is 3.73. The molecule has 18 unspecified atom stereocenters. The molecule has 55 heavy (non-hydrogen) atoms. The summed E-state index contributed by atoms with van der Waals surface area (Å²) in [5, 5.41) is 73.3. The number of carbonyl (C=O) groups is 1. The van der Waals surface area contributed by atoms with E-state index in [0.29, 0.717) is 31.1 Å². The van der Waals surface area contributed by atoms with E-state index in [0.717, 1.165) is 51.4 Å². The molecule has 7 aliphatic rings. The van der Waals surface area contributed by atoms with Crippen LogP contribution in [0, 0.1) is 50.2 Å². The number of hydrogen-bond donors (Lipinski definition) is 7. The van der Waals surface area contributed by atoms with E-state index >= 15 is 0 Å². The van der Waals surface area contributed by atoms with Crippen molar-refractivity contribution in [1.82, 2.24) is 0 Å². The molecule has 5 aliphatic carbocycles. The lowest BCUT2D eigenvalue weighted by Gasteiger charge is -2.71. The van der Waals surface area contributed by atoms with Gasteiger partial charge in [-0.2, -0.15) is 0 Å². The van der Waals surface area contributed by atoms with Gasteiger partial charge in [-0.3, -0.25) is 4.79 Å². The fourth-order valence-corrected chi connectivity index (χ4v) is 13.7. The summed E-state index contributed by atoms with van der Waals surface area (Å²) in [5.74, 6) is 0.205. The summed E-state index contributed by atoms with van der Waals surface area (Å²) in [7, 11) is 0. The van der Waals surface area contributed by atoms with E-state index in [1.54, 1.807) is 0 Å². The zero-order valence-electron chi connectivity index (χ0n) is 34.3. The molecular formula is C43H70O12. The highest BCUT2D eigenvalue weighted by molar-refractivity contribution is 5.79. The molecule has 2 heterocycles. The summed E-state index contributed by atoms with van der Waals surface area (Å²) < 4.78 is 24.3. The van der Waals surface area contributed by atoms with Gasteiger partial charge in [-0.1, -0.05) is 67.0 Å². The molecule has 6 fully saturated rings. The standard InChI is InChI=1S/C43H70O12/c1-9-24-29(45)31(47)33(49)35(52-24)54-28-13-14-40(6)26(39(28,4)5)12-15-42(8)27(40)11-10-22-23-20-38(2,3)16-18-43(23,19-17-41(22,42)7)37(51)55-36-34(50)32(48)30(46)25(21-44)53-36/h10,23-36,44-50H,9,11-21H2,1-8H3. The first-order valence-electron chi connectivity index (χ1n) is 21.2. The van der Waals surface area contributed by atoms with Gasteiger partial charge in [-0.05, 0) is 115 Å². The number of allylic oxidation sites excluding steroid dienone is 2. The van der Waals surface area contributed by atoms with Gasteiger partial charge >= 0.3 is 5.97 Å². The van der Waals surface area contributed by atoms with Crippen molar-refractivity contribution in [1.29, 1.82) is 0 Å². The van der Waals surface area contributed by atoms with Crippen molar-refractivity contribution in [2.45, 2.75) is 194 Å². The molecule has 314 valence electrons. The van der Waals surface area contributed by atoms with Crippen LogP contribution in [0.4, 0.5) is 0 Å². The Labute approximate surface area is 327 Å². The highest BCUT2D eigenvalue weighted by atomic mass is 16.7. The van der Waals surface area contributed by atoms with Gasteiger partial charge in [0.1, 0.15) is 42.7 Å². The average molecular weight is 779 g/mol. The largest absolute Gasteiger partial charge is 0.432 e. The Kier molecular flexibility index (Phi) is 10.9. The second-order valence-electron chi connectivity index (χ2n) is 20.9. The monoisotopic (exact) mass is 778 g/mol. The van der Waals surface area contributed by atoms with Crippen LogP contribution < -0.4 is 0 Å². The summed E-state index contributed by atoms with van der Waals surface area (Å²) >= 11 is 0. The number of esters is 1. The van der Waals surface area contributed by atoms with Crippen LogP contribution in [-0.4, -0.2) is 116 Å². The van der Waals surface area contributed by atoms with Crippen molar-refractivity contribution in [3.05, 3.63) is 11.6 Å². The van der Waals surface area contributed by atoms with E-state index in [2.05, 4.69) is 54.5 Å². The predicted molar refractivity (Wildman–Crippen MR) is 201 cm³/mol. The number of aliphatic hydroxyl groups excluding tert-OH is 7. The van der Waals surface area contributed by atoms with Gasteiger partial charge in [-0.25, -0.2) is 0 Å². The maximum absolute atomic E-state index is 14.6. The molecule has 0 radical (unpaired) electrons. The highest BCUT2D eigenvalue weighted by Crippen LogP contribution is 2.76.